The largest absolute Gasteiger partial charge is 0.338 e. The molecule has 2 rings (SSSR count). The van der Waals surface area contributed by atoms with Crippen molar-refractivity contribution in [3.63, 3.8) is 0 Å². The Bertz CT molecular complexity index is 455. The van der Waals surface area contributed by atoms with Gasteiger partial charge in [0, 0.05) is 7.05 Å². The first-order chi connectivity index (χ1) is 7.56. The lowest BCUT2D eigenvalue weighted by atomic mass is 9.92. The van der Waals surface area contributed by atoms with Crippen LogP contribution in [0.15, 0.2) is 29.3 Å². The minimum Gasteiger partial charge on any atom is -0.338 e. The van der Waals surface area contributed by atoms with Gasteiger partial charge in [-0.15, -0.1) is 0 Å². The van der Waals surface area contributed by atoms with Crippen molar-refractivity contribution in [3.05, 3.63) is 35.6 Å². The first kappa shape index (κ1) is 10.6. The number of hydrogen-bond acceptors (Lipinski definition) is 2. The molecular weight excluding hydrogens is 209 g/mol. The molecule has 0 aliphatic carbocycles. The summed E-state index contributed by atoms with van der Waals surface area (Å²) in [4.78, 5) is 15.7. The van der Waals surface area contributed by atoms with Gasteiger partial charge < -0.3 is 5.32 Å². The molecule has 0 aromatic heterocycles. The number of carbonyl (C=O) groups excluding carboxylic acids is 1. The standard InChI is InChI=1S/C11H12FN3O/c1-11(7-3-5-8(12)6-4-7)9(16)14-10(13-2)15-11/h3-6H,1-2H3,(H2,13,14,15,16). The van der Waals surface area contributed by atoms with Gasteiger partial charge in [-0.2, -0.15) is 0 Å². The average Bonchev–Trinajstić information content (AvgIpc) is 2.57. The molecule has 1 heterocycles. The van der Waals surface area contributed by atoms with Crippen molar-refractivity contribution in [1.29, 1.82) is 0 Å². The number of nitrogens with zero attached hydrogens (tertiary/aromatic N) is 1. The summed E-state index contributed by atoms with van der Waals surface area (Å²) in [6, 6.07) is 5.83. The Balaban J connectivity index is 2.39. The van der Waals surface area contributed by atoms with E-state index in [1.165, 1.54) is 12.1 Å². The van der Waals surface area contributed by atoms with Crippen molar-refractivity contribution in [2.24, 2.45) is 4.99 Å². The third-order valence-electron chi connectivity index (χ3n) is 2.70. The van der Waals surface area contributed by atoms with E-state index in [9.17, 15) is 9.18 Å². The first-order valence-electron chi connectivity index (χ1n) is 4.89. The van der Waals surface area contributed by atoms with Crippen LogP contribution in [0.4, 0.5) is 4.39 Å². The van der Waals surface area contributed by atoms with Crippen molar-refractivity contribution >= 4 is 11.9 Å². The number of benzene rings is 1. The quantitative estimate of drug-likeness (QED) is 0.735. The first-order valence-corrected chi connectivity index (χ1v) is 4.89. The molecule has 1 aliphatic rings. The van der Waals surface area contributed by atoms with Gasteiger partial charge in [0.25, 0.3) is 5.91 Å². The molecule has 1 atom stereocenters. The molecule has 1 aromatic carbocycles. The molecule has 1 aliphatic heterocycles. The van der Waals surface area contributed by atoms with Crippen molar-refractivity contribution in [2.75, 3.05) is 7.05 Å². The van der Waals surface area contributed by atoms with Crippen molar-refractivity contribution in [3.8, 4) is 0 Å². The summed E-state index contributed by atoms with van der Waals surface area (Å²) in [5.74, 6) is -0.0910. The van der Waals surface area contributed by atoms with E-state index in [1.54, 1.807) is 26.1 Å². The molecule has 0 spiro atoms. The molecule has 0 radical (unpaired) electrons. The third-order valence-corrected chi connectivity index (χ3v) is 2.70. The number of nitrogens with one attached hydrogen (secondary N) is 2. The van der Waals surface area contributed by atoms with Gasteiger partial charge in [0.15, 0.2) is 5.96 Å². The molecule has 1 aromatic rings. The van der Waals surface area contributed by atoms with Crippen LogP contribution in [-0.2, 0) is 10.3 Å². The second-order valence-electron chi connectivity index (χ2n) is 3.78. The van der Waals surface area contributed by atoms with E-state index in [0.29, 0.717) is 11.5 Å². The molecule has 84 valence electrons. The minimum absolute atomic E-state index is 0.195. The van der Waals surface area contributed by atoms with Gasteiger partial charge in [-0.25, -0.2) is 4.39 Å². The van der Waals surface area contributed by atoms with Crippen molar-refractivity contribution in [2.45, 2.75) is 12.5 Å². The predicted octanol–water partition coefficient (Wildman–Crippen LogP) is 0.746. The molecule has 0 bridgehead atoms. The number of guanidine groups is 1. The highest BCUT2D eigenvalue weighted by molar-refractivity contribution is 6.09. The van der Waals surface area contributed by atoms with Crippen LogP contribution < -0.4 is 10.6 Å². The predicted molar refractivity (Wildman–Crippen MR) is 58.4 cm³/mol. The summed E-state index contributed by atoms with van der Waals surface area (Å²) in [5, 5.41) is 5.58. The molecule has 0 saturated carbocycles. The van der Waals surface area contributed by atoms with Crippen LogP contribution in [0, 0.1) is 5.82 Å². The summed E-state index contributed by atoms with van der Waals surface area (Å²) in [5.41, 5.74) is -0.187. The molecule has 1 saturated heterocycles. The number of halogens is 1. The van der Waals surface area contributed by atoms with Crippen LogP contribution in [0.5, 0.6) is 0 Å². The Morgan fingerprint density at radius 1 is 1.31 bits per heavy atom. The van der Waals surface area contributed by atoms with Crippen molar-refractivity contribution < 1.29 is 9.18 Å². The van der Waals surface area contributed by atoms with Gasteiger partial charge in [0.1, 0.15) is 11.4 Å². The lowest BCUT2D eigenvalue weighted by Crippen LogP contribution is -2.40. The van der Waals surface area contributed by atoms with Gasteiger partial charge >= 0.3 is 0 Å². The van der Waals surface area contributed by atoms with Crippen molar-refractivity contribution in [1.82, 2.24) is 10.6 Å². The molecule has 5 heteroatoms. The number of carbonyl (C=O) groups is 1. The van der Waals surface area contributed by atoms with Gasteiger partial charge in [-0.05, 0) is 24.6 Å². The number of rotatable bonds is 1. The number of amides is 1. The molecule has 1 fully saturated rings. The molecule has 16 heavy (non-hydrogen) atoms. The van der Waals surface area contributed by atoms with E-state index in [2.05, 4.69) is 15.6 Å². The second kappa shape index (κ2) is 3.59. The van der Waals surface area contributed by atoms with E-state index < -0.39 is 5.54 Å². The van der Waals surface area contributed by atoms with Crippen LogP contribution in [0.3, 0.4) is 0 Å². The zero-order valence-electron chi connectivity index (χ0n) is 9.04. The monoisotopic (exact) mass is 221 g/mol. The Morgan fingerprint density at radius 3 is 2.44 bits per heavy atom. The summed E-state index contributed by atoms with van der Waals surface area (Å²) >= 11 is 0. The lowest BCUT2D eigenvalue weighted by Gasteiger charge is -2.21. The smallest absolute Gasteiger partial charge is 0.256 e. The topological polar surface area (TPSA) is 53.5 Å². The van der Waals surface area contributed by atoms with Gasteiger partial charge in [-0.3, -0.25) is 15.1 Å². The molecule has 1 amide bonds. The van der Waals surface area contributed by atoms with Crippen LogP contribution in [0.2, 0.25) is 0 Å². The Hall–Kier alpha value is -1.91. The molecule has 4 nitrogen and oxygen atoms in total. The highest BCUT2D eigenvalue weighted by Gasteiger charge is 2.42. The molecule has 1 unspecified atom stereocenters. The zero-order chi connectivity index (χ0) is 11.8. The summed E-state index contributed by atoms with van der Waals surface area (Å²) in [7, 11) is 1.58. The van der Waals surface area contributed by atoms with Crippen LogP contribution in [0.1, 0.15) is 12.5 Å². The van der Waals surface area contributed by atoms with Gasteiger partial charge in [0.05, 0.1) is 0 Å². The van der Waals surface area contributed by atoms with Crippen LogP contribution >= 0.6 is 0 Å². The normalized spacial score (nSPS) is 26.7. The highest BCUT2D eigenvalue weighted by Crippen LogP contribution is 2.24. The Morgan fingerprint density at radius 2 is 1.94 bits per heavy atom. The lowest BCUT2D eigenvalue weighted by molar-refractivity contribution is -0.123. The van der Waals surface area contributed by atoms with Gasteiger partial charge in [0.2, 0.25) is 0 Å². The average molecular weight is 221 g/mol. The molecule has 2 N–H and O–H groups in total. The highest BCUT2D eigenvalue weighted by atomic mass is 19.1. The van der Waals surface area contributed by atoms with E-state index >= 15 is 0 Å². The van der Waals surface area contributed by atoms with E-state index in [0.717, 1.165) is 0 Å². The third kappa shape index (κ3) is 1.54. The van der Waals surface area contributed by atoms with Crippen LogP contribution in [0.25, 0.3) is 0 Å². The summed E-state index contributed by atoms with van der Waals surface area (Å²) in [6.07, 6.45) is 0. The fraction of sp³-hybridized carbons (Fsp3) is 0.273. The maximum atomic E-state index is 12.8. The Labute approximate surface area is 92.6 Å². The summed E-state index contributed by atoms with van der Waals surface area (Å²) < 4.78 is 12.8. The van der Waals surface area contributed by atoms with E-state index in [4.69, 9.17) is 0 Å². The Kier molecular flexibility index (Phi) is 2.38. The maximum absolute atomic E-state index is 12.8. The van der Waals surface area contributed by atoms with E-state index in [1.807, 2.05) is 0 Å². The van der Waals surface area contributed by atoms with E-state index in [-0.39, 0.29) is 11.7 Å². The minimum atomic E-state index is -0.886. The summed E-state index contributed by atoms with van der Waals surface area (Å²) in [6.45, 7) is 1.73. The SMILES string of the molecule is CN=C1NC(=O)C(C)(c2ccc(F)cc2)N1. The fourth-order valence-corrected chi connectivity index (χ4v) is 1.66. The zero-order valence-corrected chi connectivity index (χ0v) is 9.04. The second-order valence-corrected chi connectivity index (χ2v) is 3.78. The number of hydrogen-bond donors (Lipinski definition) is 2. The molecular formula is C11H12FN3O. The van der Waals surface area contributed by atoms with Gasteiger partial charge in [-0.1, -0.05) is 12.1 Å². The maximum Gasteiger partial charge on any atom is 0.256 e. The van der Waals surface area contributed by atoms with Crippen LogP contribution in [-0.4, -0.2) is 18.9 Å². The number of aliphatic imine (C=N–C) groups is 1. The fourth-order valence-electron chi connectivity index (χ4n) is 1.66.